The van der Waals surface area contributed by atoms with Gasteiger partial charge in [-0.3, -0.25) is 4.79 Å². The Morgan fingerprint density at radius 2 is 2.24 bits per heavy atom. The number of carbonyl (C=O) groups is 1. The third-order valence-corrected chi connectivity index (χ3v) is 4.81. The molecule has 0 aromatic heterocycles. The number of amides is 1. The monoisotopic (exact) mass is 335 g/mol. The van der Waals surface area contributed by atoms with Crippen molar-refractivity contribution >= 4 is 25.6 Å². The zero-order valence-corrected chi connectivity index (χ0v) is 12.9. The average Bonchev–Trinajstić information content (AvgIpc) is 2.87. The average molecular weight is 336 g/mol. The second kappa shape index (κ2) is 6.29. The molecule has 2 rings (SSSR count). The van der Waals surface area contributed by atoms with Crippen LogP contribution in [0.5, 0.6) is 0 Å². The van der Waals surface area contributed by atoms with Gasteiger partial charge in [-0.1, -0.05) is 0 Å². The topological polar surface area (TPSA) is 72.5 Å². The van der Waals surface area contributed by atoms with Crippen LogP contribution in [-0.2, 0) is 13.8 Å². The van der Waals surface area contributed by atoms with E-state index >= 15 is 0 Å². The SMILES string of the molecule is Cc1cc(F)c(C(=O)NCC2CCOC2)cc1S(=O)(=O)Cl. The molecule has 0 spiro atoms. The molecule has 1 N–H and O–H groups in total. The molecule has 1 fully saturated rings. The fraction of sp³-hybridized carbons (Fsp3) is 0.462. The van der Waals surface area contributed by atoms with Gasteiger partial charge in [0.05, 0.1) is 17.1 Å². The summed E-state index contributed by atoms with van der Waals surface area (Å²) in [4.78, 5) is 11.7. The van der Waals surface area contributed by atoms with Crippen molar-refractivity contribution in [3.05, 3.63) is 29.1 Å². The van der Waals surface area contributed by atoms with Crippen molar-refractivity contribution in [1.82, 2.24) is 5.32 Å². The fourth-order valence-electron chi connectivity index (χ4n) is 2.17. The first-order valence-corrected chi connectivity index (χ1v) is 8.70. The number of ether oxygens (including phenoxy) is 1. The van der Waals surface area contributed by atoms with E-state index in [1.54, 1.807) is 0 Å². The van der Waals surface area contributed by atoms with Gasteiger partial charge in [-0.25, -0.2) is 12.8 Å². The van der Waals surface area contributed by atoms with Gasteiger partial charge in [0, 0.05) is 29.8 Å². The van der Waals surface area contributed by atoms with Crippen molar-refractivity contribution in [2.24, 2.45) is 5.92 Å². The Bertz CT molecular complexity index is 656. The summed E-state index contributed by atoms with van der Waals surface area (Å²) in [5.41, 5.74) is -0.179. The van der Waals surface area contributed by atoms with Crippen molar-refractivity contribution in [2.75, 3.05) is 19.8 Å². The Balaban J connectivity index is 2.20. The highest BCUT2D eigenvalue weighted by Gasteiger charge is 2.22. The minimum atomic E-state index is -4.03. The summed E-state index contributed by atoms with van der Waals surface area (Å²) in [6.07, 6.45) is 0.831. The maximum Gasteiger partial charge on any atom is 0.261 e. The van der Waals surface area contributed by atoms with Crippen LogP contribution in [0.15, 0.2) is 17.0 Å². The van der Waals surface area contributed by atoms with Crippen LogP contribution in [0, 0.1) is 18.7 Å². The number of benzene rings is 1. The summed E-state index contributed by atoms with van der Waals surface area (Å²) in [6.45, 7) is 2.97. The Kier molecular flexibility index (Phi) is 4.85. The van der Waals surface area contributed by atoms with Crippen LogP contribution in [0.25, 0.3) is 0 Å². The molecule has 1 amide bonds. The van der Waals surface area contributed by atoms with Crippen LogP contribution in [0.4, 0.5) is 4.39 Å². The van der Waals surface area contributed by atoms with E-state index in [0.29, 0.717) is 19.8 Å². The largest absolute Gasteiger partial charge is 0.381 e. The summed E-state index contributed by atoms with van der Waals surface area (Å²) in [5, 5.41) is 2.58. The Labute approximate surface area is 126 Å². The van der Waals surface area contributed by atoms with Crippen LogP contribution in [0.3, 0.4) is 0 Å². The molecule has 21 heavy (non-hydrogen) atoms. The Hall–Kier alpha value is -1.18. The molecule has 0 radical (unpaired) electrons. The highest BCUT2D eigenvalue weighted by Crippen LogP contribution is 2.23. The highest BCUT2D eigenvalue weighted by molar-refractivity contribution is 8.13. The number of rotatable bonds is 4. The van der Waals surface area contributed by atoms with E-state index in [4.69, 9.17) is 15.4 Å². The van der Waals surface area contributed by atoms with Gasteiger partial charge in [0.1, 0.15) is 5.82 Å². The number of nitrogens with one attached hydrogen (secondary N) is 1. The minimum Gasteiger partial charge on any atom is -0.381 e. The van der Waals surface area contributed by atoms with Crippen molar-refractivity contribution in [1.29, 1.82) is 0 Å². The minimum absolute atomic E-state index is 0.156. The third-order valence-electron chi connectivity index (χ3n) is 3.35. The summed E-state index contributed by atoms with van der Waals surface area (Å²) in [5.74, 6) is -1.25. The third kappa shape index (κ3) is 3.93. The quantitative estimate of drug-likeness (QED) is 0.852. The molecule has 116 valence electrons. The lowest BCUT2D eigenvalue weighted by Gasteiger charge is -2.11. The molecule has 5 nitrogen and oxygen atoms in total. The molecule has 1 aliphatic heterocycles. The number of carbonyl (C=O) groups excluding carboxylic acids is 1. The lowest BCUT2D eigenvalue weighted by molar-refractivity contribution is 0.0940. The zero-order valence-electron chi connectivity index (χ0n) is 11.4. The number of halogens is 2. The van der Waals surface area contributed by atoms with E-state index in [1.807, 2.05) is 0 Å². The van der Waals surface area contributed by atoms with Gasteiger partial charge in [-0.2, -0.15) is 0 Å². The maximum atomic E-state index is 13.8. The molecule has 0 saturated carbocycles. The number of hydrogen-bond acceptors (Lipinski definition) is 4. The van der Waals surface area contributed by atoms with E-state index in [1.165, 1.54) is 6.92 Å². The van der Waals surface area contributed by atoms with Gasteiger partial charge in [0.2, 0.25) is 0 Å². The summed E-state index contributed by atoms with van der Waals surface area (Å²) in [6, 6.07) is 1.95. The first-order chi connectivity index (χ1) is 9.79. The van der Waals surface area contributed by atoms with Gasteiger partial charge in [-0.05, 0) is 31.0 Å². The lowest BCUT2D eigenvalue weighted by atomic mass is 10.1. The van der Waals surface area contributed by atoms with Crippen molar-refractivity contribution < 1.29 is 22.3 Å². The Morgan fingerprint density at radius 3 is 2.81 bits per heavy atom. The van der Waals surface area contributed by atoms with Crippen LogP contribution >= 0.6 is 10.7 Å². The van der Waals surface area contributed by atoms with E-state index in [2.05, 4.69) is 5.32 Å². The van der Waals surface area contributed by atoms with Crippen molar-refractivity contribution in [3.63, 3.8) is 0 Å². The fourth-order valence-corrected chi connectivity index (χ4v) is 3.37. The van der Waals surface area contributed by atoms with Crippen LogP contribution < -0.4 is 5.32 Å². The standard InChI is InChI=1S/C13H15ClFNO4S/c1-8-4-11(15)10(5-12(8)21(14,18)19)13(17)16-6-9-2-3-20-7-9/h4-5,9H,2-3,6-7H2,1H3,(H,16,17). The van der Waals surface area contributed by atoms with Gasteiger partial charge in [0.15, 0.2) is 0 Å². The summed E-state index contributed by atoms with van der Waals surface area (Å²) in [7, 11) is 1.24. The van der Waals surface area contributed by atoms with Crippen molar-refractivity contribution in [2.45, 2.75) is 18.2 Å². The van der Waals surface area contributed by atoms with Crippen molar-refractivity contribution in [3.8, 4) is 0 Å². The van der Waals surface area contributed by atoms with Crippen LogP contribution in [-0.4, -0.2) is 34.1 Å². The first-order valence-electron chi connectivity index (χ1n) is 6.40. The van der Waals surface area contributed by atoms with Crippen LogP contribution in [0.1, 0.15) is 22.3 Å². The second-order valence-electron chi connectivity index (χ2n) is 4.98. The van der Waals surface area contributed by atoms with E-state index in [0.717, 1.165) is 18.6 Å². The predicted octanol–water partition coefficient (Wildman–Crippen LogP) is 1.83. The van der Waals surface area contributed by atoms with Gasteiger partial charge in [0.25, 0.3) is 15.0 Å². The molecule has 1 saturated heterocycles. The molecular formula is C13H15ClFNO4S. The lowest BCUT2D eigenvalue weighted by Crippen LogP contribution is -2.30. The molecule has 1 atom stereocenters. The molecule has 1 aliphatic rings. The molecule has 8 heteroatoms. The molecule has 1 aromatic rings. The molecular weight excluding hydrogens is 321 g/mol. The number of aryl methyl sites for hydroxylation is 1. The molecule has 1 unspecified atom stereocenters. The molecule has 0 aliphatic carbocycles. The van der Waals surface area contributed by atoms with Gasteiger partial charge < -0.3 is 10.1 Å². The zero-order chi connectivity index (χ0) is 15.6. The summed E-state index contributed by atoms with van der Waals surface area (Å²) >= 11 is 0. The van der Waals surface area contributed by atoms with E-state index in [9.17, 15) is 17.6 Å². The van der Waals surface area contributed by atoms with Crippen LogP contribution in [0.2, 0.25) is 0 Å². The van der Waals surface area contributed by atoms with Gasteiger partial charge >= 0.3 is 0 Å². The maximum absolute atomic E-state index is 13.8. The molecule has 0 bridgehead atoms. The predicted molar refractivity (Wildman–Crippen MR) is 75.4 cm³/mol. The number of hydrogen-bond donors (Lipinski definition) is 1. The van der Waals surface area contributed by atoms with E-state index < -0.39 is 20.8 Å². The Morgan fingerprint density at radius 1 is 1.52 bits per heavy atom. The molecule has 1 heterocycles. The second-order valence-corrected chi connectivity index (χ2v) is 7.51. The highest BCUT2D eigenvalue weighted by atomic mass is 35.7. The van der Waals surface area contributed by atoms with E-state index in [-0.39, 0.29) is 21.9 Å². The smallest absolute Gasteiger partial charge is 0.261 e. The normalized spacial score (nSPS) is 18.7. The van der Waals surface area contributed by atoms with Gasteiger partial charge in [-0.15, -0.1) is 0 Å². The molecule has 1 aromatic carbocycles. The first kappa shape index (κ1) is 16.2. The summed E-state index contributed by atoms with van der Waals surface area (Å²) < 4.78 is 41.8.